The molecule has 0 aliphatic heterocycles. The number of rotatable bonds is 7. The molecule has 1 aliphatic carbocycles. The van der Waals surface area contributed by atoms with Crippen molar-refractivity contribution in [1.29, 1.82) is 0 Å². The zero-order valence-corrected chi connectivity index (χ0v) is 13.9. The molecule has 1 fully saturated rings. The van der Waals surface area contributed by atoms with Crippen molar-refractivity contribution in [3.63, 3.8) is 0 Å². The summed E-state index contributed by atoms with van der Waals surface area (Å²) in [6.07, 6.45) is 5.71. The molecule has 2 N–H and O–H groups in total. The van der Waals surface area contributed by atoms with E-state index >= 15 is 0 Å². The molecule has 2 nitrogen and oxygen atoms in total. The fourth-order valence-corrected chi connectivity index (χ4v) is 3.11. The van der Waals surface area contributed by atoms with Crippen LogP contribution in [0, 0.1) is 23.2 Å². The van der Waals surface area contributed by atoms with Crippen molar-refractivity contribution in [2.24, 2.45) is 23.2 Å². The van der Waals surface area contributed by atoms with Crippen molar-refractivity contribution >= 4 is 0 Å². The van der Waals surface area contributed by atoms with Crippen LogP contribution in [0.2, 0.25) is 0 Å². The fraction of sp³-hybridized carbons (Fsp3) is 1.00. The van der Waals surface area contributed by atoms with Crippen molar-refractivity contribution in [2.45, 2.75) is 60.3 Å². The SMILES string of the molecule is CC(C)CNCCNCC1CCC(C(C)(C)C)CC1. The normalized spacial score (nSPS) is 24.9. The van der Waals surface area contributed by atoms with Crippen LogP contribution in [0.15, 0.2) is 0 Å². The molecule has 0 aromatic rings. The van der Waals surface area contributed by atoms with Crippen LogP contribution in [0.1, 0.15) is 60.3 Å². The Morgan fingerprint density at radius 1 is 0.947 bits per heavy atom. The lowest BCUT2D eigenvalue weighted by molar-refractivity contribution is 0.149. The molecule has 0 saturated heterocycles. The van der Waals surface area contributed by atoms with E-state index in [1.807, 2.05) is 0 Å². The number of hydrogen-bond donors (Lipinski definition) is 2. The highest BCUT2D eigenvalue weighted by molar-refractivity contribution is 4.81. The second kappa shape index (κ2) is 8.26. The van der Waals surface area contributed by atoms with E-state index in [9.17, 15) is 0 Å². The second-order valence-electron chi connectivity index (χ2n) is 7.89. The lowest BCUT2D eigenvalue weighted by atomic mass is 9.70. The first kappa shape index (κ1) is 17.0. The Labute approximate surface area is 121 Å². The maximum atomic E-state index is 3.62. The van der Waals surface area contributed by atoms with Crippen LogP contribution in [-0.4, -0.2) is 26.2 Å². The molecule has 19 heavy (non-hydrogen) atoms. The van der Waals surface area contributed by atoms with Gasteiger partial charge in [-0.2, -0.15) is 0 Å². The van der Waals surface area contributed by atoms with Gasteiger partial charge in [0, 0.05) is 13.1 Å². The van der Waals surface area contributed by atoms with E-state index in [-0.39, 0.29) is 0 Å². The minimum absolute atomic E-state index is 0.513. The van der Waals surface area contributed by atoms with Gasteiger partial charge < -0.3 is 10.6 Å². The van der Waals surface area contributed by atoms with Crippen molar-refractivity contribution in [2.75, 3.05) is 26.2 Å². The number of nitrogens with one attached hydrogen (secondary N) is 2. The first-order chi connectivity index (χ1) is 8.89. The molecule has 0 unspecified atom stereocenters. The molecule has 0 heterocycles. The van der Waals surface area contributed by atoms with E-state index in [1.165, 1.54) is 32.2 Å². The molecule has 2 heteroatoms. The highest BCUT2D eigenvalue weighted by Crippen LogP contribution is 2.39. The summed E-state index contributed by atoms with van der Waals surface area (Å²) in [6, 6.07) is 0. The Morgan fingerprint density at radius 3 is 2.05 bits per heavy atom. The first-order valence-corrected chi connectivity index (χ1v) is 8.31. The van der Waals surface area contributed by atoms with E-state index in [4.69, 9.17) is 0 Å². The topological polar surface area (TPSA) is 24.1 Å². The van der Waals surface area contributed by atoms with Crippen molar-refractivity contribution in [1.82, 2.24) is 10.6 Å². The molecule has 1 saturated carbocycles. The third kappa shape index (κ3) is 7.31. The first-order valence-electron chi connectivity index (χ1n) is 8.31. The Morgan fingerprint density at radius 2 is 1.53 bits per heavy atom. The average Bonchev–Trinajstić information content (AvgIpc) is 2.32. The molecule has 0 aromatic carbocycles. The predicted octanol–water partition coefficient (Wildman–Crippen LogP) is 3.67. The van der Waals surface area contributed by atoms with Gasteiger partial charge in [-0.1, -0.05) is 34.6 Å². The van der Waals surface area contributed by atoms with Crippen LogP contribution < -0.4 is 10.6 Å². The fourth-order valence-electron chi connectivity index (χ4n) is 3.11. The van der Waals surface area contributed by atoms with Crippen LogP contribution in [0.3, 0.4) is 0 Å². The maximum absolute atomic E-state index is 3.62. The zero-order valence-electron chi connectivity index (χ0n) is 13.9. The largest absolute Gasteiger partial charge is 0.315 e. The molecule has 0 aromatic heterocycles. The Bertz CT molecular complexity index is 222. The summed E-state index contributed by atoms with van der Waals surface area (Å²) in [7, 11) is 0. The van der Waals surface area contributed by atoms with Gasteiger partial charge in [0.1, 0.15) is 0 Å². The Kier molecular flexibility index (Phi) is 7.38. The summed E-state index contributed by atoms with van der Waals surface area (Å²) in [5, 5.41) is 7.11. The Balaban J connectivity index is 2.01. The lowest BCUT2D eigenvalue weighted by Crippen LogP contribution is -2.34. The minimum Gasteiger partial charge on any atom is -0.315 e. The predicted molar refractivity (Wildman–Crippen MR) is 85.5 cm³/mol. The Hall–Kier alpha value is -0.0800. The van der Waals surface area contributed by atoms with E-state index in [0.717, 1.165) is 37.4 Å². The molecule has 0 radical (unpaired) electrons. The summed E-state index contributed by atoms with van der Waals surface area (Å²) >= 11 is 0. The van der Waals surface area contributed by atoms with Gasteiger partial charge in [-0.05, 0) is 61.9 Å². The lowest BCUT2D eigenvalue weighted by Gasteiger charge is -2.37. The summed E-state index contributed by atoms with van der Waals surface area (Å²) < 4.78 is 0. The van der Waals surface area contributed by atoms with Gasteiger partial charge in [0.15, 0.2) is 0 Å². The molecule has 0 bridgehead atoms. The molecule has 1 aliphatic rings. The zero-order chi connectivity index (χ0) is 14.3. The molecule has 0 spiro atoms. The molecular formula is C17H36N2. The monoisotopic (exact) mass is 268 g/mol. The van der Waals surface area contributed by atoms with Crippen LogP contribution >= 0.6 is 0 Å². The molecular weight excluding hydrogens is 232 g/mol. The van der Waals surface area contributed by atoms with E-state index in [1.54, 1.807) is 0 Å². The quantitative estimate of drug-likeness (QED) is 0.688. The van der Waals surface area contributed by atoms with E-state index < -0.39 is 0 Å². The summed E-state index contributed by atoms with van der Waals surface area (Å²) in [6.45, 7) is 16.3. The van der Waals surface area contributed by atoms with E-state index in [2.05, 4.69) is 45.3 Å². The van der Waals surface area contributed by atoms with Gasteiger partial charge in [0.05, 0.1) is 0 Å². The average molecular weight is 268 g/mol. The van der Waals surface area contributed by atoms with Gasteiger partial charge in [-0.3, -0.25) is 0 Å². The molecule has 0 atom stereocenters. The van der Waals surface area contributed by atoms with Gasteiger partial charge in [-0.25, -0.2) is 0 Å². The third-order valence-electron chi connectivity index (χ3n) is 4.54. The van der Waals surface area contributed by atoms with Gasteiger partial charge >= 0.3 is 0 Å². The molecule has 0 amide bonds. The smallest absolute Gasteiger partial charge is 0.00768 e. The van der Waals surface area contributed by atoms with Crippen molar-refractivity contribution in [3.05, 3.63) is 0 Å². The van der Waals surface area contributed by atoms with Crippen molar-refractivity contribution in [3.8, 4) is 0 Å². The van der Waals surface area contributed by atoms with Crippen LogP contribution in [0.4, 0.5) is 0 Å². The third-order valence-corrected chi connectivity index (χ3v) is 4.54. The van der Waals surface area contributed by atoms with Gasteiger partial charge in [0.2, 0.25) is 0 Å². The summed E-state index contributed by atoms with van der Waals surface area (Å²) in [4.78, 5) is 0. The standard InChI is InChI=1S/C17H36N2/c1-14(2)12-18-10-11-19-13-15-6-8-16(9-7-15)17(3,4)5/h14-16,18-19H,6-13H2,1-5H3. The second-order valence-corrected chi connectivity index (χ2v) is 7.89. The highest BCUT2D eigenvalue weighted by atomic mass is 14.9. The minimum atomic E-state index is 0.513. The van der Waals surface area contributed by atoms with E-state index in [0.29, 0.717) is 5.41 Å². The maximum Gasteiger partial charge on any atom is 0.00768 e. The van der Waals surface area contributed by atoms with Crippen molar-refractivity contribution < 1.29 is 0 Å². The highest BCUT2D eigenvalue weighted by Gasteiger charge is 2.29. The van der Waals surface area contributed by atoms with Crippen LogP contribution in [-0.2, 0) is 0 Å². The number of hydrogen-bond acceptors (Lipinski definition) is 2. The van der Waals surface area contributed by atoms with Gasteiger partial charge in [-0.15, -0.1) is 0 Å². The van der Waals surface area contributed by atoms with Crippen LogP contribution in [0.25, 0.3) is 0 Å². The van der Waals surface area contributed by atoms with Gasteiger partial charge in [0.25, 0.3) is 0 Å². The summed E-state index contributed by atoms with van der Waals surface area (Å²) in [5.74, 6) is 2.62. The molecule has 1 rings (SSSR count). The van der Waals surface area contributed by atoms with Crippen LogP contribution in [0.5, 0.6) is 0 Å². The summed E-state index contributed by atoms with van der Waals surface area (Å²) in [5.41, 5.74) is 0.513. The molecule has 114 valence electrons.